The van der Waals surface area contributed by atoms with Crippen molar-refractivity contribution in [2.75, 3.05) is 25.0 Å². The topological polar surface area (TPSA) is 72.4 Å². The molecule has 0 heterocycles. The van der Waals surface area contributed by atoms with Gasteiger partial charge in [0.2, 0.25) is 0 Å². The van der Waals surface area contributed by atoms with Crippen LogP contribution in [0.25, 0.3) is 0 Å². The molecule has 6 heteroatoms. The molecule has 0 bridgehead atoms. The second kappa shape index (κ2) is 5.41. The third-order valence-electron chi connectivity index (χ3n) is 2.25. The van der Waals surface area contributed by atoms with E-state index in [4.69, 9.17) is 5.73 Å². The second-order valence-electron chi connectivity index (χ2n) is 3.46. The van der Waals surface area contributed by atoms with Crippen LogP contribution in [0.1, 0.15) is 6.42 Å². The van der Waals surface area contributed by atoms with Crippen molar-refractivity contribution in [1.82, 2.24) is 0 Å². The predicted octanol–water partition coefficient (Wildman–Crippen LogP) is 1.52. The van der Waals surface area contributed by atoms with Crippen molar-refractivity contribution in [3.05, 3.63) is 34.1 Å². The molecule has 0 aromatic heterocycles. The number of hydrogen-bond donors (Lipinski definition) is 1. The zero-order valence-corrected chi connectivity index (χ0v) is 9.02. The van der Waals surface area contributed by atoms with Gasteiger partial charge in [0.15, 0.2) is 5.82 Å². The number of non-ortho nitro benzene ring substituents is 1. The van der Waals surface area contributed by atoms with Crippen LogP contribution in [0.3, 0.4) is 0 Å². The smallest absolute Gasteiger partial charge is 0.272 e. The Morgan fingerprint density at radius 1 is 1.56 bits per heavy atom. The fourth-order valence-electron chi connectivity index (χ4n) is 1.37. The lowest BCUT2D eigenvalue weighted by Crippen LogP contribution is -2.22. The van der Waals surface area contributed by atoms with Crippen LogP contribution in [0.4, 0.5) is 15.8 Å². The zero-order valence-electron chi connectivity index (χ0n) is 9.02. The summed E-state index contributed by atoms with van der Waals surface area (Å²) in [6.45, 7) is 1.14. The van der Waals surface area contributed by atoms with Crippen molar-refractivity contribution in [1.29, 1.82) is 0 Å². The highest BCUT2D eigenvalue weighted by molar-refractivity contribution is 5.51. The molecular formula is C10H14FN3O2. The lowest BCUT2D eigenvalue weighted by atomic mass is 10.2. The van der Waals surface area contributed by atoms with Gasteiger partial charge in [-0.2, -0.15) is 0 Å². The number of nitro benzene ring substituents is 1. The van der Waals surface area contributed by atoms with Crippen LogP contribution < -0.4 is 10.6 Å². The molecule has 16 heavy (non-hydrogen) atoms. The van der Waals surface area contributed by atoms with Crippen LogP contribution in [0.5, 0.6) is 0 Å². The van der Waals surface area contributed by atoms with E-state index >= 15 is 0 Å². The minimum atomic E-state index is -0.618. The highest BCUT2D eigenvalue weighted by atomic mass is 19.1. The number of nitrogens with two attached hydrogens (primary N) is 1. The summed E-state index contributed by atoms with van der Waals surface area (Å²) in [5.74, 6) is -0.589. The number of benzene rings is 1. The van der Waals surface area contributed by atoms with Gasteiger partial charge in [0.25, 0.3) is 5.69 Å². The van der Waals surface area contributed by atoms with E-state index < -0.39 is 10.7 Å². The van der Waals surface area contributed by atoms with Crippen LogP contribution in [-0.2, 0) is 0 Å². The first-order valence-corrected chi connectivity index (χ1v) is 4.91. The van der Waals surface area contributed by atoms with Gasteiger partial charge in [0.1, 0.15) is 0 Å². The van der Waals surface area contributed by atoms with Gasteiger partial charge in [-0.3, -0.25) is 10.1 Å². The maximum atomic E-state index is 13.5. The Morgan fingerprint density at radius 2 is 2.25 bits per heavy atom. The highest BCUT2D eigenvalue weighted by Crippen LogP contribution is 2.23. The largest absolute Gasteiger partial charge is 0.372 e. The van der Waals surface area contributed by atoms with Gasteiger partial charge in [-0.15, -0.1) is 0 Å². The Hall–Kier alpha value is -1.69. The normalized spacial score (nSPS) is 10.2. The molecule has 0 spiro atoms. The van der Waals surface area contributed by atoms with Gasteiger partial charge in [0.05, 0.1) is 16.7 Å². The van der Waals surface area contributed by atoms with Crippen LogP contribution in [0.2, 0.25) is 0 Å². The summed E-state index contributed by atoms with van der Waals surface area (Å²) < 4.78 is 13.5. The molecule has 0 fully saturated rings. The Bertz CT molecular complexity index is 384. The van der Waals surface area contributed by atoms with Crippen molar-refractivity contribution in [3.8, 4) is 0 Å². The van der Waals surface area contributed by atoms with E-state index in [1.165, 1.54) is 12.1 Å². The molecule has 0 aliphatic carbocycles. The van der Waals surface area contributed by atoms with Gasteiger partial charge in [-0.05, 0) is 19.0 Å². The van der Waals surface area contributed by atoms with E-state index in [0.717, 1.165) is 12.5 Å². The van der Waals surface area contributed by atoms with E-state index in [-0.39, 0.29) is 5.69 Å². The summed E-state index contributed by atoms with van der Waals surface area (Å²) in [6.07, 6.45) is 0.743. The molecule has 2 N–H and O–H groups in total. The number of halogens is 1. The number of nitro groups is 1. The molecule has 0 radical (unpaired) electrons. The Labute approximate surface area is 92.8 Å². The Morgan fingerprint density at radius 3 is 2.75 bits per heavy atom. The van der Waals surface area contributed by atoms with Crippen LogP contribution in [0.15, 0.2) is 18.2 Å². The molecule has 0 unspecified atom stereocenters. The monoisotopic (exact) mass is 227 g/mol. The Kier molecular flexibility index (Phi) is 4.19. The maximum Gasteiger partial charge on any atom is 0.272 e. The number of rotatable bonds is 5. The van der Waals surface area contributed by atoms with Crippen LogP contribution in [-0.4, -0.2) is 25.1 Å². The summed E-state index contributed by atoms with van der Waals surface area (Å²) >= 11 is 0. The van der Waals surface area contributed by atoms with Crippen molar-refractivity contribution >= 4 is 11.4 Å². The van der Waals surface area contributed by atoms with Crippen LogP contribution >= 0.6 is 0 Å². The third-order valence-corrected chi connectivity index (χ3v) is 2.25. The van der Waals surface area contributed by atoms with Gasteiger partial charge in [0, 0.05) is 19.7 Å². The Balaban J connectivity index is 2.85. The van der Waals surface area contributed by atoms with E-state index in [1.807, 2.05) is 0 Å². The second-order valence-corrected chi connectivity index (χ2v) is 3.46. The summed E-state index contributed by atoms with van der Waals surface area (Å²) in [6, 6.07) is 3.62. The fraction of sp³-hybridized carbons (Fsp3) is 0.400. The van der Waals surface area contributed by atoms with Gasteiger partial charge < -0.3 is 10.6 Å². The molecule has 1 rings (SSSR count). The number of nitrogens with zero attached hydrogens (tertiary/aromatic N) is 2. The summed E-state index contributed by atoms with van der Waals surface area (Å²) in [5.41, 5.74) is 5.45. The molecule has 1 aromatic carbocycles. The van der Waals surface area contributed by atoms with Crippen LogP contribution in [0, 0.1) is 15.9 Å². The lowest BCUT2D eigenvalue weighted by Gasteiger charge is -2.19. The molecule has 0 atom stereocenters. The number of hydrogen-bond acceptors (Lipinski definition) is 4. The van der Waals surface area contributed by atoms with E-state index in [1.54, 1.807) is 11.9 Å². The first-order chi connectivity index (χ1) is 7.56. The number of anilines is 1. The standard InChI is InChI=1S/C10H14FN3O2/c1-13(6-2-5-12)10-4-3-8(14(15)16)7-9(10)11/h3-4,7H,2,5-6,12H2,1H3. The summed E-state index contributed by atoms with van der Waals surface area (Å²) in [5, 5.41) is 10.4. The minimum Gasteiger partial charge on any atom is -0.372 e. The van der Waals surface area contributed by atoms with Gasteiger partial charge in [-0.25, -0.2) is 4.39 Å². The maximum absolute atomic E-state index is 13.5. The molecule has 1 aromatic rings. The predicted molar refractivity (Wildman–Crippen MR) is 60.0 cm³/mol. The highest BCUT2D eigenvalue weighted by Gasteiger charge is 2.12. The van der Waals surface area contributed by atoms with Gasteiger partial charge in [-0.1, -0.05) is 0 Å². The first kappa shape index (κ1) is 12.4. The zero-order chi connectivity index (χ0) is 12.1. The van der Waals surface area contributed by atoms with Gasteiger partial charge >= 0.3 is 0 Å². The molecule has 0 saturated carbocycles. The average Bonchev–Trinajstić information content (AvgIpc) is 2.25. The molecule has 88 valence electrons. The summed E-state index contributed by atoms with van der Waals surface area (Å²) in [7, 11) is 1.72. The van der Waals surface area contributed by atoms with E-state index in [9.17, 15) is 14.5 Å². The first-order valence-electron chi connectivity index (χ1n) is 4.91. The van der Waals surface area contributed by atoms with Crippen molar-refractivity contribution in [3.63, 3.8) is 0 Å². The van der Waals surface area contributed by atoms with Crippen molar-refractivity contribution in [2.24, 2.45) is 5.73 Å². The van der Waals surface area contributed by atoms with Crippen molar-refractivity contribution in [2.45, 2.75) is 6.42 Å². The lowest BCUT2D eigenvalue weighted by molar-refractivity contribution is -0.385. The SMILES string of the molecule is CN(CCCN)c1ccc([N+](=O)[O-])cc1F. The molecule has 0 saturated heterocycles. The minimum absolute atomic E-state index is 0.242. The van der Waals surface area contributed by atoms with E-state index in [2.05, 4.69) is 0 Å². The molecule has 5 nitrogen and oxygen atoms in total. The molecule has 0 aliphatic rings. The summed E-state index contributed by atoms with van der Waals surface area (Å²) in [4.78, 5) is 11.5. The van der Waals surface area contributed by atoms with Crippen molar-refractivity contribution < 1.29 is 9.31 Å². The fourth-order valence-corrected chi connectivity index (χ4v) is 1.37. The molecule has 0 aliphatic heterocycles. The third kappa shape index (κ3) is 2.90. The quantitative estimate of drug-likeness (QED) is 0.611. The average molecular weight is 227 g/mol. The molecular weight excluding hydrogens is 213 g/mol. The molecule has 0 amide bonds. The van der Waals surface area contributed by atoms with E-state index in [0.29, 0.717) is 18.8 Å².